The lowest BCUT2D eigenvalue weighted by Gasteiger charge is -2.35. The number of rotatable bonds is 10. The van der Waals surface area contributed by atoms with E-state index in [9.17, 15) is 33.6 Å². The number of cyclic esters (lactones) is 2. The minimum atomic E-state index is -0.696. The number of fused-ring (bicyclic) bond motifs is 1. The summed E-state index contributed by atoms with van der Waals surface area (Å²) in [5.74, 6) is -1.21. The maximum atomic E-state index is 12.2. The Balaban J connectivity index is 0.000000817. The summed E-state index contributed by atoms with van der Waals surface area (Å²) in [6.07, 6.45) is 0.444. The zero-order chi connectivity index (χ0) is 38.8. The summed E-state index contributed by atoms with van der Waals surface area (Å²) >= 11 is 0. The quantitative estimate of drug-likeness (QED) is 0.125. The van der Waals surface area contributed by atoms with Crippen LogP contribution in [-0.2, 0) is 42.9 Å². The molecule has 19 heteroatoms. The average Bonchev–Trinajstić information content (AvgIpc) is 3.33. The van der Waals surface area contributed by atoms with E-state index in [1.807, 2.05) is 0 Å². The van der Waals surface area contributed by atoms with Gasteiger partial charge in [0.25, 0.3) is 0 Å². The number of hydrogen-bond donors (Lipinski definition) is 3. The van der Waals surface area contributed by atoms with E-state index in [1.165, 1.54) is 14.7 Å². The van der Waals surface area contributed by atoms with Gasteiger partial charge in [0.1, 0.15) is 17.2 Å². The van der Waals surface area contributed by atoms with Crippen molar-refractivity contribution in [3.63, 3.8) is 0 Å². The van der Waals surface area contributed by atoms with Gasteiger partial charge in [0.2, 0.25) is 5.91 Å². The number of nitrogens with zero attached hydrogens (tertiary/aromatic N) is 3. The van der Waals surface area contributed by atoms with Crippen molar-refractivity contribution in [2.24, 2.45) is 5.73 Å². The van der Waals surface area contributed by atoms with Crippen LogP contribution >= 0.6 is 12.4 Å². The molecule has 0 spiro atoms. The molecule has 0 aromatic heterocycles. The van der Waals surface area contributed by atoms with Crippen molar-refractivity contribution < 1.29 is 57.2 Å². The summed E-state index contributed by atoms with van der Waals surface area (Å²) < 4.78 is 24.5. The SMILES string of the molecule is CC(C)(C)OC(=O)N1CCN2C(=O)OC(=O)[C@H]2C1.CCOC(=O)CCCN.CCOC(=O)CCCNC(=O)[C@H]1CN(C(=O)OC(C)(C)C)CCN1.Cl. The van der Waals surface area contributed by atoms with Gasteiger partial charge < -0.3 is 49.9 Å². The first-order chi connectivity index (χ1) is 23.8. The lowest BCUT2D eigenvalue weighted by atomic mass is 10.2. The molecule has 4 N–H and O–H groups in total. The Hall–Kier alpha value is -3.90. The predicted molar refractivity (Wildman–Crippen MR) is 190 cm³/mol. The molecule has 52 heavy (non-hydrogen) atoms. The summed E-state index contributed by atoms with van der Waals surface area (Å²) in [5, 5.41) is 5.85. The van der Waals surface area contributed by atoms with Gasteiger partial charge in [-0.05, 0) is 74.8 Å². The molecule has 4 amide bonds. The Kier molecular flexibility index (Phi) is 21.8. The summed E-state index contributed by atoms with van der Waals surface area (Å²) in [6.45, 7) is 18.1. The second-order valence-corrected chi connectivity index (χ2v) is 13.7. The number of amides is 4. The Morgan fingerprint density at radius 2 is 1.35 bits per heavy atom. The van der Waals surface area contributed by atoms with Crippen molar-refractivity contribution >= 4 is 54.5 Å². The molecule has 3 aliphatic rings. The van der Waals surface area contributed by atoms with Crippen LogP contribution in [-0.4, -0.2) is 146 Å². The number of carbonyl (C=O) groups excluding carboxylic acids is 7. The van der Waals surface area contributed by atoms with E-state index < -0.39 is 47.5 Å². The summed E-state index contributed by atoms with van der Waals surface area (Å²) in [6, 6.07) is -1.17. The lowest BCUT2D eigenvalue weighted by Crippen LogP contribution is -2.58. The monoisotopic (exact) mass is 766 g/mol. The van der Waals surface area contributed by atoms with Crippen molar-refractivity contribution in [2.45, 2.75) is 104 Å². The van der Waals surface area contributed by atoms with Crippen molar-refractivity contribution in [3.05, 3.63) is 0 Å². The summed E-state index contributed by atoms with van der Waals surface area (Å²) in [4.78, 5) is 84.8. The predicted octanol–water partition coefficient (Wildman–Crippen LogP) is 1.95. The first-order valence-corrected chi connectivity index (χ1v) is 17.3. The Bertz CT molecular complexity index is 1190. The molecular weight excluding hydrogens is 708 g/mol. The second kappa shape index (κ2) is 23.6. The van der Waals surface area contributed by atoms with E-state index in [-0.39, 0.29) is 56.3 Å². The number of nitrogens with two attached hydrogens (primary N) is 1. The van der Waals surface area contributed by atoms with Crippen LogP contribution in [0.25, 0.3) is 0 Å². The standard InChI is InChI=1S/C16H29N3O5.C11H16N2O5.C6H13NO2.ClH/c1-5-23-13(20)7-6-8-18-14(21)12-11-19(10-9-17-12)15(22)24-16(2,3)4;1-11(2,3)18-9(15)12-4-5-13-7(6-12)8(14)17-10(13)16;1-2-9-6(8)4-3-5-7;/h12,17H,5-11H2,1-4H3,(H,18,21);7H,4-6H2,1-3H3;2-5,7H2,1H3;1H/t12-;7-;;/m11../s1. The molecular formula is C33H59ClN6O12. The van der Waals surface area contributed by atoms with Gasteiger partial charge in [0.05, 0.1) is 19.8 Å². The molecule has 0 aliphatic carbocycles. The molecule has 0 bridgehead atoms. The fourth-order valence-electron chi connectivity index (χ4n) is 4.61. The van der Waals surface area contributed by atoms with Crippen molar-refractivity contribution in [2.75, 3.05) is 65.6 Å². The fourth-order valence-corrected chi connectivity index (χ4v) is 4.61. The van der Waals surface area contributed by atoms with Crippen LogP contribution in [0.4, 0.5) is 14.4 Å². The van der Waals surface area contributed by atoms with E-state index in [0.717, 1.165) is 6.42 Å². The highest BCUT2D eigenvalue weighted by molar-refractivity contribution is 5.96. The van der Waals surface area contributed by atoms with Crippen LogP contribution in [0.15, 0.2) is 0 Å². The number of carbonyl (C=O) groups is 7. The third-order valence-electron chi connectivity index (χ3n) is 6.92. The third-order valence-corrected chi connectivity index (χ3v) is 6.92. The minimum Gasteiger partial charge on any atom is -0.466 e. The topological polar surface area (TPSA) is 225 Å². The molecule has 0 aromatic carbocycles. The van der Waals surface area contributed by atoms with Crippen LogP contribution in [0, 0.1) is 0 Å². The Morgan fingerprint density at radius 1 is 0.827 bits per heavy atom. The van der Waals surface area contributed by atoms with Crippen molar-refractivity contribution in [3.8, 4) is 0 Å². The molecule has 3 heterocycles. The average molecular weight is 767 g/mol. The highest BCUT2D eigenvalue weighted by atomic mass is 35.5. The third kappa shape index (κ3) is 19.1. The molecule has 3 aliphatic heterocycles. The lowest BCUT2D eigenvalue weighted by molar-refractivity contribution is -0.144. The van der Waals surface area contributed by atoms with Gasteiger partial charge in [-0.2, -0.15) is 0 Å². The first-order valence-electron chi connectivity index (χ1n) is 17.3. The van der Waals surface area contributed by atoms with Gasteiger partial charge in [-0.15, -0.1) is 12.4 Å². The van der Waals surface area contributed by atoms with E-state index in [4.69, 9.17) is 19.9 Å². The zero-order valence-corrected chi connectivity index (χ0v) is 32.6. The van der Waals surface area contributed by atoms with E-state index >= 15 is 0 Å². The fraction of sp³-hybridized carbons (Fsp3) is 0.788. The largest absolute Gasteiger partial charge is 0.466 e. The molecule has 3 fully saturated rings. The molecule has 0 saturated carbocycles. The van der Waals surface area contributed by atoms with Gasteiger partial charge in [-0.1, -0.05) is 0 Å². The highest BCUT2D eigenvalue weighted by Crippen LogP contribution is 2.21. The highest BCUT2D eigenvalue weighted by Gasteiger charge is 2.46. The summed E-state index contributed by atoms with van der Waals surface area (Å²) in [5.41, 5.74) is 4.02. The van der Waals surface area contributed by atoms with Gasteiger partial charge in [-0.3, -0.25) is 19.3 Å². The first kappa shape index (κ1) is 48.1. The van der Waals surface area contributed by atoms with E-state index in [2.05, 4.69) is 20.1 Å². The molecule has 3 rings (SSSR count). The van der Waals surface area contributed by atoms with Crippen molar-refractivity contribution in [1.82, 2.24) is 25.3 Å². The normalized spacial score (nSPS) is 18.1. The number of halogens is 1. The maximum Gasteiger partial charge on any atom is 0.418 e. The van der Waals surface area contributed by atoms with Gasteiger partial charge in [0, 0.05) is 52.1 Å². The number of nitrogens with one attached hydrogen (secondary N) is 2. The molecule has 3 saturated heterocycles. The molecule has 0 aromatic rings. The molecule has 0 radical (unpaired) electrons. The van der Waals surface area contributed by atoms with Crippen LogP contribution in [0.1, 0.15) is 81.1 Å². The van der Waals surface area contributed by atoms with Gasteiger partial charge in [-0.25, -0.2) is 19.2 Å². The van der Waals surface area contributed by atoms with Crippen LogP contribution < -0.4 is 16.4 Å². The molecule has 300 valence electrons. The van der Waals surface area contributed by atoms with Crippen molar-refractivity contribution in [1.29, 1.82) is 0 Å². The zero-order valence-electron chi connectivity index (χ0n) is 31.8. The number of piperazine rings is 2. The minimum absolute atomic E-state index is 0. The number of esters is 3. The Labute approximate surface area is 312 Å². The molecule has 0 unspecified atom stereocenters. The van der Waals surface area contributed by atoms with Gasteiger partial charge >= 0.3 is 36.2 Å². The molecule has 18 nitrogen and oxygen atoms in total. The molecule has 2 atom stereocenters. The van der Waals surface area contributed by atoms with Gasteiger partial charge in [0.15, 0.2) is 6.04 Å². The smallest absolute Gasteiger partial charge is 0.418 e. The summed E-state index contributed by atoms with van der Waals surface area (Å²) in [7, 11) is 0. The second-order valence-electron chi connectivity index (χ2n) is 13.7. The number of ether oxygens (including phenoxy) is 5. The maximum absolute atomic E-state index is 12.2. The van der Waals surface area contributed by atoms with E-state index in [0.29, 0.717) is 58.8 Å². The Morgan fingerprint density at radius 3 is 1.85 bits per heavy atom. The number of hydrogen-bond acceptors (Lipinski definition) is 14. The van der Waals surface area contributed by atoms with Crippen LogP contribution in [0.5, 0.6) is 0 Å². The van der Waals surface area contributed by atoms with E-state index in [1.54, 1.807) is 55.4 Å². The van der Waals surface area contributed by atoms with Crippen LogP contribution in [0.3, 0.4) is 0 Å². The van der Waals surface area contributed by atoms with Crippen LogP contribution in [0.2, 0.25) is 0 Å².